The van der Waals surface area contributed by atoms with E-state index in [0.29, 0.717) is 0 Å². The zero-order chi connectivity index (χ0) is 11.2. The number of hydrogen-bond donors (Lipinski definition) is 0. The largest absolute Gasteiger partial charge is 0.0801 e. The van der Waals surface area contributed by atoms with Crippen molar-refractivity contribution in [1.82, 2.24) is 0 Å². The first-order chi connectivity index (χ1) is 8.43. The summed E-state index contributed by atoms with van der Waals surface area (Å²) in [6.07, 6.45) is 15.0. The van der Waals surface area contributed by atoms with Gasteiger partial charge >= 0.3 is 0 Å². The molecule has 4 rings (SSSR count). The van der Waals surface area contributed by atoms with Crippen molar-refractivity contribution in [3.8, 4) is 0 Å². The van der Waals surface area contributed by atoms with E-state index in [-0.39, 0.29) is 0 Å². The van der Waals surface area contributed by atoms with E-state index in [1.54, 1.807) is 0 Å². The van der Waals surface area contributed by atoms with Gasteiger partial charge in [-0.1, -0.05) is 54.6 Å². The number of rotatable bonds is 0. The molecule has 1 radical (unpaired) electrons. The first kappa shape index (κ1) is 9.00. The van der Waals surface area contributed by atoms with Crippen LogP contribution in [0.15, 0.2) is 42.5 Å². The first-order valence-corrected chi connectivity index (χ1v) is 5.95. The molecule has 0 bridgehead atoms. The van der Waals surface area contributed by atoms with Gasteiger partial charge in [-0.25, -0.2) is 0 Å². The van der Waals surface area contributed by atoms with Gasteiger partial charge in [0.1, 0.15) is 0 Å². The average molecular weight is 215 g/mol. The molecule has 0 heteroatoms. The fraction of sp³-hybridized carbons (Fsp3) is 0.0588. The maximum atomic E-state index is 3.27. The van der Waals surface area contributed by atoms with Crippen molar-refractivity contribution in [2.24, 2.45) is 0 Å². The predicted octanol–water partition coefficient (Wildman–Crippen LogP) is 2.42. The Kier molecular flexibility index (Phi) is 1.70. The van der Waals surface area contributed by atoms with Gasteiger partial charge in [-0.2, -0.15) is 0 Å². The molecule has 0 saturated heterocycles. The molecule has 2 aromatic rings. The van der Waals surface area contributed by atoms with E-state index in [1.807, 2.05) is 6.08 Å². The van der Waals surface area contributed by atoms with Gasteiger partial charge < -0.3 is 0 Å². The van der Waals surface area contributed by atoms with Crippen molar-refractivity contribution in [2.45, 2.75) is 6.42 Å². The summed E-state index contributed by atoms with van der Waals surface area (Å²) < 4.78 is 0. The normalized spacial score (nSPS) is 15.3. The molecule has 0 nitrogen and oxygen atoms in total. The second-order valence-corrected chi connectivity index (χ2v) is 4.53. The van der Waals surface area contributed by atoms with Gasteiger partial charge in [0.2, 0.25) is 0 Å². The summed E-state index contributed by atoms with van der Waals surface area (Å²) >= 11 is 0. The fourth-order valence-corrected chi connectivity index (χ4v) is 2.77. The fourth-order valence-electron chi connectivity index (χ4n) is 2.77. The third-order valence-electron chi connectivity index (χ3n) is 3.61. The molecule has 0 N–H and O–H groups in total. The van der Waals surface area contributed by atoms with Crippen molar-refractivity contribution in [1.29, 1.82) is 0 Å². The third-order valence-corrected chi connectivity index (χ3v) is 3.61. The van der Waals surface area contributed by atoms with Gasteiger partial charge in [0.05, 0.1) is 0 Å². The Hall–Kier alpha value is -2.08. The average Bonchev–Trinajstić information content (AvgIpc) is 2.86. The van der Waals surface area contributed by atoms with Gasteiger partial charge in [0.15, 0.2) is 0 Å². The minimum Gasteiger partial charge on any atom is -0.0801 e. The van der Waals surface area contributed by atoms with Crippen molar-refractivity contribution in [2.75, 3.05) is 0 Å². The Bertz CT molecular complexity index is 802. The van der Waals surface area contributed by atoms with Crippen LogP contribution in [0.1, 0.15) is 11.1 Å². The zero-order valence-electron chi connectivity index (χ0n) is 9.40. The molecular weight excluding hydrogens is 204 g/mol. The van der Waals surface area contributed by atoms with E-state index in [4.69, 9.17) is 0 Å². The lowest BCUT2D eigenvalue weighted by Crippen LogP contribution is -2.12. The van der Waals surface area contributed by atoms with Crippen molar-refractivity contribution < 1.29 is 0 Å². The zero-order valence-corrected chi connectivity index (χ0v) is 9.40. The molecule has 0 amide bonds. The molecule has 0 atom stereocenters. The summed E-state index contributed by atoms with van der Waals surface area (Å²) in [5, 5.41) is 5.31. The second kappa shape index (κ2) is 3.21. The van der Waals surface area contributed by atoms with Crippen molar-refractivity contribution >= 4 is 29.0 Å². The highest BCUT2D eigenvalue weighted by Crippen LogP contribution is 2.22. The van der Waals surface area contributed by atoms with Gasteiger partial charge in [0, 0.05) is 0 Å². The molecule has 0 spiro atoms. The van der Waals surface area contributed by atoms with E-state index in [2.05, 4.69) is 54.6 Å². The van der Waals surface area contributed by atoms with E-state index in [1.165, 1.54) is 32.3 Å². The smallest absolute Gasteiger partial charge is 0.00822 e. The van der Waals surface area contributed by atoms with E-state index >= 15 is 0 Å². The Morgan fingerprint density at radius 3 is 2.94 bits per heavy atom. The highest BCUT2D eigenvalue weighted by atomic mass is 14.1. The molecule has 0 saturated carbocycles. The summed E-state index contributed by atoms with van der Waals surface area (Å²) in [5.74, 6) is 0. The monoisotopic (exact) mass is 215 g/mol. The van der Waals surface area contributed by atoms with Crippen LogP contribution < -0.4 is 10.4 Å². The van der Waals surface area contributed by atoms with E-state index < -0.39 is 0 Å². The summed E-state index contributed by atoms with van der Waals surface area (Å²) in [6, 6.07) is 8.88. The Balaban J connectivity index is 2.23. The Labute approximate surface area is 99.9 Å². The number of allylic oxidation sites excluding steroid dienone is 3. The van der Waals surface area contributed by atoms with E-state index in [9.17, 15) is 0 Å². The van der Waals surface area contributed by atoms with Crippen LogP contribution in [0.25, 0.3) is 29.0 Å². The van der Waals surface area contributed by atoms with Crippen LogP contribution in [0.3, 0.4) is 0 Å². The number of fused-ring (bicyclic) bond motifs is 5. The molecule has 0 aliphatic heterocycles. The molecule has 0 fully saturated rings. The molecule has 0 heterocycles. The highest BCUT2D eigenvalue weighted by Gasteiger charge is 2.08. The molecular formula is C17H11. The second-order valence-electron chi connectivity index (χ2n) is 4.53. The van der Waals surface area contributed by atoms with Crippen LogP contribution in [0.5, 0.6) is 0 Å². The first-order valence-electron chi connectivity index (χ1n) is 5.95. The van der Waals surface area contributed by atoms with Gasteiger partial charge in [-0.3, -0.25) is 0 Å². The standard InChI is InChI=1S/C17H11/c1-2-6-14-12(4-1)8-10-17-15-7-3-5-13(15)9-11-16(14)17/h1-4,7-11H,6H2. The third kappa shape index (κ3) is 1.18. The summed E-state index contributed by atoms with van der Waals surface area (Å²) in [5.41, 5.74) is 2.77. The lowest BCUT2D eigenvalue weighted by molar-refractivity contribution is 1.25. The van der Waals surface area contributed by atoms with Crippen LogP contribution in [0.2, 0.25) is 0 Å². The topological polar surface area (TPSA) is 0 Å². The molecule has 2 aliphatic carbocycles. The molecule has 79 valence electrons. The maximum absolute atomic E-state index is 3.27. The van der Waals surface area contributed by atoms with Crippen molar-refractivity contribution in [3.63, 3.8) is 0 Å². The molecule has 0 aromatic heterocycles. The maximum Gasteiger partial charge on any atom is -0.00822 e. The van der Waals surface area contributed by atoms with Crippen LogP contribution in [-0.4, -0.2) is 0 Å². The SMILES string of the molecule is [C]1=c2ccc3c4c(ccc3c2C=C1)=CC=CC4. The molecule has 0 unspecified atom stereocenters. The highest BCUT2D eigenvalue weighted by molar-refractivity contribution is 5.95. The van der Waals surface area contributed by atoms with Gasteiger partial charge in [0.25, 0.3) is 0 Å². The van der Waals surface area contributed by atoms with Gasteiger partial charge in [-0.15, -0.1) is 0 Å². The molecule has 2 aliphatic rings. The minimum absolute atomic E-state index is 1.04. The van der Waals surface area contributed by atoms with Crippen LogP contribution >= 0.6 is 0 Å². The summed E-state index contributed by atoms with van der Waals surface area (Å²) in [6.45, 7) is 0. The minimum atomic E-state index is 1.04. The quantitative estimate of drug-likeness (QED) is 0.633. The molecule has 2 aromatic carbocycles. The van der Waals surface area contributed by atoms with Crippen molar-refractivity contribution in [3.05, 3.63) is 64.1 Å². The van der Waals surface area contributed by atoms with Crippen LogP contribution in [0, 0.1) is 0 Å². The summed E-state index contributed by atoms with van der Waals surface area (Å²) in [7, 11) is 0. The predicted molar refractivity (Wildman–Crippen MR) is 72.9 cm³/mol. The number of hydrogen-bond acceptors (Lipinski definition) is 0. The Morgan fingerprint density at radius 2 is 1.94 bits per heavy atom. The van der Waals surface area contributed by atoms with Crippen LogP contribution in [-0.2, 0) is 6.42 Å². The van der Waals surface area contributed by atoms with E-state index in [0.717, 1.165) is 6.42 Å². The Morgan fingerprint density at radius 1 is 1.00 bits per heavy atom. The lowest BCUT2D eigenvalue weighted by Gasteiger charge is -2.10. The lowest BCUT2D eigenvalue weighted by atomic mass is 9.94. The van der Waals surface area contributed by atoms with Gasteiger partial charge in [-0.05, 0) is 44.8 Å². The van der Waals surface area contributed by atoms with Crippen LogP contribution in [0.4, 0.5) is 0 Å². The molecule has 17 heavy (non-hydrogen) atoms. The summed E-state index contributed by atoms with van der Waals surface area (Å²) in [4.78, 5) is 0. The number of benzene rings is 2.